The van der Waals surface area contributed by atoms with Crippen molar-refractivity contribution in [1.82, 2.24) is 15.0 Å². The molecule has 2 heterocycles. The molecule has 0 radical (unpaired) electrons. The summed E-state index contributed by atoms with van der Waals surface area (Å²) in [4.78, 5) is 23.6. The lowest BCUT2D eigenvalue weighted by molar-refractivity contribution is -0.137. The molecule has 0 aliphatic rings. The van der Waals surface area contributed by atoms with E-state index in [1.54, 1.807) is 13.0 Å². The minimum atomic E-state index is -4.63. The van der Waals surface area contributed by atoms with Crippen molar-refractivity contribution in [3.8, 4) is 0 Å². The third-order valence-electron chi connectivity index (χ3n) is 3.97. The molecule has 0 unspecified atom stereocenters. The number of hydrogen-bond acceptors (Lipinski definition) is 4. The number of anilines is 3. The van der Waals surface area contributed by atoms with Crippen LogP contribution in [0.25, 0.3) is 0 Å². The first kappa shape index (κ1) is 21.4. The molecule has 7 nitrogen and oxygen atoms in total. The number of benzene rings is 1. The molecule has 4 N–H and O–H groups in total. The average Bonchev–Trinajstić information content (AvgIpc) is 3.15. The Labute approximate surface area is 175 Å². The fourth-order valence-electron chi connectivity index (χ4n) is 2.65. The monoisotopic (exact) mass is 438 g/mol. The molecule has 0 atom stereocenters. The number of urea groups is 1. The number of H-pyrrole nitrogens is 1. The van der Waals surface area contributed by atoms with Gasteiger partial charge in [0.25, 0.3) is 0 Å². The largest absolute Gasteiger partial charge is 0.417 e. The van der Waals surface area contributed by atoms with Crippen LogP contribution in [0.2, 0.25) is 5.02 Å². The summed E-state index contributed by atoms with van der Waals surface area (Å²) in [7, 11) is 0. The number of carbonyl (C=O) groups is 1. The molecule has 3 aromatic rings. The number of nitrogens with zero attached hydrogens (tertiary/aromatic N) is 2. The van der Waals surface area contributed by atoms with Crippen LogP contribution in [-0.2, 0) is 12.6 Å². The molecule has 1 aromatic carbocycles. The van der Waals surface area contributed by atoms with E-state index in [2.05, 4.69) is 30.9 Å². The molecule has 0 aliphatic heterocycles. The number of carbonyl (C=O) groups excluding carboxylic acids is 1. The lowest BCUT2D eigenvalue weighted by Crippen LogP contribution is -2.22. The number of alkyl halides is 3. The Kier molecular flexibility index (Phi) is 6.46. The fourth-order valence-corrected chi connectivity index (χ4v) is 2.87. The summed E-state index contributed by atoms with van der Waals surface area (Å²) in [5.74, 6) is 0.523. The Morgan fingerprint density at radius 2 is 1.97 bits per heavy atom. The summed E-state index contributed by atoms with van der Waals surface area (Å²) in [5, 5.41) is 7.42. The van der Waals surface area contributed by atoms with E-state index in [0.717, 1.165) is 24.2 Å². The summed E-state index contributed by atoms with van der Waals surface area (Å²) < 4.78 is 38.9. The van der Waals surface area contributed by atoms with Crippen molar-refractivity contribution in [2.45, 2.75) is 19.5 Å². The van der Waals surface area contributed by atoms with E-state index in [1.165, 1.54) is 6.07 Å². The van der Waals surface area contributed by atoms with Gasteiger partial charge in [0.1, 0.15) is 5.82 Å². The van der Waals surface area contributed by atoms with Gasteiger partial charge in [-0.05, 0) is 37.3 Å². The molecule has 0 aliphatic carbocycles. The predicted molar refractivity (Wildman–Crippen MR) is 109 cm³/mol. The Balaban J connectivity index is 1.63. The second-order valence-corrected chi connectivity index (χ2v) is 6.77. The van der Waals surface area contributed by atoms with Crippen LogP contribution in [-0.4, -0.2) is 27.5 Å². The van der Waals surface area contributed by atoms with Crippen LogP contribution < -0.4 is 16.0 Å². The number of amides is 2. The smallest absolute Gasteiger partial charge is 0.370 e. The van der Waals surface area contributed by atoms with Crippen molar-refractivity contribution in [3.05, 3.63) is 64.6 Å². The number of hydrogen-bond donors (Lipinski definition) is 4. The number of nitrogens with one attached hydrogen (secondary N) is 4. The van der Waals surface area contributed by atoms with Crippen LogP contribution in [0.3, 0.4) is 0 Å². The third kappa shape index (κ3) is 5.86. The van der Waals surface area contributed by atoms with Gasteiger partial charge >= 0.3 is 12.2 Å². The molecule has 158 valence electrons. The van der Waals surface area contributed by atoms with E-state index in [9.17, 15) is 18.0 Å². The first-order valence-electron chi connectivity index (χ1n) is 8.87. The molecule has 2 aromatic heterocycles. The summed E-state index contributed by atoms with van der Waals surface area (Å²) in [6, 6.07) is 7.89. The van der Waals surface area contributed by atoms with Crippen molar-refractivity contribution in [3.63, 3.8) is 0 Å². The molecule has 3 rings (SSSR count). The quantitative estimate of drug-likeness (QED) is 0.431. The Morgan fingerprint density at radius 3 is 2.67 bits per heavy atom. The number of aromatic nitrogens is 3. The third-order valence-corrected chi connectivity index (χ3v) is 4.30. The van der Waals surface area contributed by atoms with Gasteiger partial charge in [-0.2, -0.15) is 18.2 Å². The summed E-state index contributed by atoms with van der Waals surface area (Å²) >= 11 is 5.58. The number of rotatable bonds is 6. The maximum absolute atomic E-state index is 13.0. The molecule has 0 spiro atoms. The van der Waals surface area contributed by atoms with E-state index >= 15 is 0 Å². The van der Waals surface area contributed by atoms with Crippen LogP contribution in [0.15, 0.2) is 42.6 Å². The molecule has 11 heteroatoms. The molecule has 0 saturated heterocycles. The molecular formula is C19H18ClF3N6O. The zero-order valence-corrected chi connectivity index (χ0v) is 16.5. The number of aryl methyl sites for hydroxylation is 1. The highest BCUT2D eigenvalue weighted by molar-refractivity contribution is 6.31. The standard InChI is InChI=1S/C19H18ClF3N6O/c1-11-9-16(25-8-6-12-3-2-7-24-12)28-17(26-11)29-18(30)27-13-4-5-15(20)14(10-13)19(21,22)23/h2-5,7,9-10,24H,6,8H2,1H3,(H3,25,26,27,28,29,30). The Morgan fingerprint density at radius 1 is 1.17 bits per heavy atom. The van der Waals surface area contributed by atoms with Crippen LogP contribution in [0.4, 0.5) is 35.4 Å². The van der Waals surface area contributed by atoms with Gasteiger partial charge in [0.05, 0.1) is 10.6 Å². The SMILES string of the molecule is Cc1cc(NCCc2ccc[nH]2)nc(NC(=O)Nc2ccc(Cl)c(C(F)(F)F)c2)n1. The minimum Gasteiger partial charge on any atom is -0.370 e. The lowest BCUT2D eigenvalue weighted by atomic mass is 10.2. The van der Waals surface area contributed by atoms with Crippen molar-refractivity contribution >= 4 is 35.1 Å². The van der Waals surface area contributed by atoms with Gasteiger partial charge in [0.2, 0.25) is 5.95 Å². The van der Waals surface area contributed by atoms with Gasteiger partial charge in [-0.3, -0.25) is 5.32 Å². The Hall–Kier alpha value is -3.27. The first-order chi connectivity index (χ1) is 14.2. The van der Waals surface area contributed by atoms with Gasteiger partial charge in [-0.15, -0.1) is 0 Å². The maximum Gasteiger partial charge on any atom is 0.417 e. The van der Waals surface area contributed by atoms with Crippen molar-refractivity contribution in [1.29, 1.82) is 0 Å². The van der Waals surface area contributed by atoms with Gasteiger partial charge < -0.3 is 15.6 Å². The predicted octanol–water partition coefficient (Wildman–Crippen LogP) is 5.08. The zero-order chi connectivity index (χ0) is 21.7. The molecule has 0 bridgehead atoms. The zero-order valence-electron chi connectivity index (χ0n) is 15.8. The van der Waals surface area contributed by atoms with Crippen molar-refractivity contribution in [2.75, 3.05) is 22.5 Å². The van der Waals surface area contributed by atoms with Crippen LogP contribution in [0, 0.1) is 6.92 Å². The summed E-state index contributed by atoms with van der Waals surface area (Å²) in [5.41, 5.74) is 0.559. The van der Waals surface area contributed by atoms with Gasteiger partial charge in [0.15, 0.2) is 0 Å². The topological polar surface area (TPSA) is 94.7 Å². The number of aromatic amines is 1. The van der Waals surface area contributed by atoms with Crippen LogP contribution in [0.5, 0.6) is 0 Å². The molecule has 30 heavy (non-hydrogen) atoms. The molecule has 0 fully saturated rings. The van der Waals surface area contributed by atoms with Crippen LogP contribution >= 0.6 is 11.6 Å². The molecule has 0 saturated carbocycles. The van der Waals surface area contributed by atoms with Crippen molar-refractivity contribution in [2.24, 2.45) is 0 Å². The summed E-state index contributed by atoms with van der Waals surface area (Å²) in [6.45, 7) is 2.34. The van der Waals surface area contributed by atoms with E-state index in [1.807, 2.05) is 18.3 Å². The second-order valence-electron chi connectivity index (χ2n) is 6.36. The number of halogens is 4. The maximum atomic E-state index is 13.0. The molecular weight excluding hydrogens is 421 g/mol. The highest BCUT2D eigenvalue weighted by atomic mass is 35.5. The van der Waals surface area contributed by atoms with Gasteiger partial charge in [-0.25, -0.2) is 9.78 Å². The van der Waals surface area contributed by atoms with Crippen LogP contribution in [0.1, 0.15) is 17.0 Å². The fraction of sp³-hybridized carbons (Fsp3) is 0.211. The van der Waals surface area contributed by atoms with E-state index in [4.69, 9.17) is 11.6 Å². The normalized spacial score (nSPS) is 11.2. The summed E-state index contributed by atoms with van der Waals surface area (Å²) in [6.07, 6.45) is -2.05. The average molecular weight is 439 g/mol. The minimum absolute atomic E-state index is 0.0138. The van der Waals surface area contributed by atoms with E-state index < -0.39 is 22.8 Å². The second kappa shape index (κ2) is 9.04. The highest BCUT2D eigenvalue weighted by Gasteiger charge is 2.33. The highest BCUT2D eigenvalue weighted by Crippen LogP contribution is 2.36. The van der Waals surface area contributed by atoms with Gasteiger partial charge in [0, 0.05) is 42.3 Å². The first-order valence-corrected chi connectivity index (χ1v) is 9.25. The van der Waals surface area contributed by atoms with E-state index in [0.29, 0.717) is 18.1 Å². The van der Waals surface area contributed by atoms with Crippen molar-refractivity contribution < 1.29 is 18.0 Å². The van der Waals surface area contributed by atoms with Gasteiger partial charge in [-0.1, -0.05) is 11.6 Å². The lowest BCUT2D eigenvalue weighted by Gasteiger charge is -2.12. The Bertz CT molecular complexity index is 1020. The van der Waals surface area contributed by atoms with E-state index in [-0.39, 0.29) is 11.6 Å². The molecule has 2 amide bonds.